The monoisotopic (exact) mass is 630 g/mol. The first-order valence-electron chi connectivity index (χ1n) is 11.2. The zero-order valence-electron chi connectivity index (χ0n) is 20.7. The van der Waals surface area contributed by atoms with Gasteiger partial charge in [0.25, 0.3) is 10.0 Å². The lowest BCUT2D eigenvalue weighted by atomic mass is 10.2. The average Bonchev–Trinajstić information content (AvgIpc) is 3.33. The van der Waals surface area contributed by atoms with Crippen molar-refractivity contribution in [1.29, 1.82) is 0 Å². The zero-order chi connectivity index (χ0) is 28.5. The van der Waals surface area contributed by atoms with Crippen LogP contribution in [0.5, 0.6) is 0 Å². The van der Waals surface area contributed by atoms with Gasteiger partial charge in [0.05, 0.1) is 15.5 Å². The molecule has 0 aliphatic rings. The number of thiazole rings is 1. The van der Waals surface area contributed by atoms with Crippen LogP contribution in [-0.4, -0.2) is 53.1 Å². The van der Waals surface area contributed by atoms with Gasteiger partial charge in [-0.25, -0.2) is 31.3 Å². The van der Waals surface area contributed by atoms with E-state index in [1.807, 2.05) is 5.38 Å². The average molecular weight is 631 g/mol. The van der Waals surface area contributed by atoms with Gasteiger partial charge in [0.2, 0.25) is 21.1 Å². The van der Waals surface area contributed by atoms with Crippen molar-refractivity contribution in [2.24, 2.45) is 21.5 Å². The van der Waals surface area contributed by atoms with Gasteiger partial charge in [0.1, 0.15) is 0 Å². The van der Waals surface area contributed by atoms with Gasteiger partial charge in [-0.2, -0.15) is 16.8 Å². The lowest BCUT2D eigenvalue weighted by Crippen LogP contribution is -2.41. The Labute approximate surface area is 240 Å². The summed E-state index contributed by atoms with van der Waals surface area (Å²) < 4.78 is 56.2. The molecular weight excluding hydrogens is 604 g/mol. The molecule has 0 bridgehead atoms. The highest BCUT2D eigenvalue weighted by atomic mass is 35.5. The molecule has 1 aromatic heterocycles. The number of rotatable bonds is 12. The molecule has 0 fully saturated rings. The Morgan fingerprint density at radius 3 is 2.44 bits per heavy atom. The standard InChI is InChI=1S/C22H27ClN8O4S4/c1-26-21(27-9-10-36-13-17-14-37-22(29-17)30-20(24)25)31-39(34,35)19-4-2-3-18(11-19)38(32,33)28-12-15-5-7-16(23)8-6-15/h2-8,11,14,28H,9-10,12-13H2,1H3,(H2,26,27,31)(H4,24,25,29,30). The molecule has 17 heteroatoms. The van der Waals surface area contributed by atoms with Crippen LogP contribution in [0.2, 0.25) is 5.02 Å². The molecule has 0 radical (unpaired) electrons. The van der Waals surface area contributed by atoms with Gasteiger partial charge in [-0.3, -0.25) is 4.99 Å². The van der Waals surface area contributed by atoms with Crippen LogP contribution in [0.25, 0.3) is 0 Å². The fourth-order valence-corrected chi connectivity index (χ4v) is 6.86. The minimum absolute atomic E-state index is 0.0171. The van der Waals surface area contributed by atoms with Crippen LogP contribution in [-0.2, 0) is 32.3 Å². The van der Waals surface area contributed by atoms with Crippen molar-refractivity contribution < 1.29 is 16.8 Å². The normalized spacial score (nSPS) is 12.2. The molecule has 7 N–H and O–H groups in total. The van der Waals surface area contributed by atoms with Crippen LogP contribution in [0.15, 0.2) is 73.7 Å². The number of thioether (sulfide) groups is 1. The van der Waals surface area contributed by atoms with Gasteiger partial charge >= 0.3 is 0 Å². The number of aliphatic imine (C=N–C) groups is 2. The second-order valence-electron chi connectivity index (χ2n) is 7.74. The fourth-order valence-electron chi connectivity index (χ4n) is 2.96. The predicted octanol–water partition coefficient (Wildman–Crippen LogP) is 1.97. The van der Waals surface area contributed by atoms with Crippen LogP contribution in [0.1, 0.15) is 11.3 Å². The summed E-state index contributed by atoms with van der Waals surface area (Å²) in [6.45, 7) is 0.428. The number of sulfonamides is 2. The number of benzene rings is 2. The highest BCUT2D eigenvalue weighted by molar-refractivity contribution is 7.98. The number of nitrogens with zero attached hydrogens (tertiary/aromatic N) is 3. The molecule has 3 aromatic rings. The van der Waals surface area contributed by atoms with Gasteiger partial charge in [-0.1, -0.05) is 29.8 Å². The molecule has 0 amide bonds. The Bertz CT molecular complexity index is 1540. The van der Waals surface area contributed by atoms with E-state index < -0.39 is 20.0 Å². The Hall–Kier alpha value is -2.89. The van der Waals surface area contributed by atoms with Crippen molar-refractivity contribution >= 4 is 71.8 Å². The number of hydrogen-bond acceptors (Lipinski definition) is 9. The first-order valence-corrected chi connectivity index (χ1v) is 16.6. The third-order valence-corrected chi connectivity index (χ3v) is 9.58. The van der Waals surface area contributed by atoms with Crippen molar-refractivity contribution in [3.63, 3.8) is 0 Å². The summed E-state index contributed by atoms with van der Waals surface area (Å²) in [6.07, 6.45) is 0. The van der Waals surface area contributed by atoms with Crippen molar-refractivity contribution in [2.45, 2.75) is 22.1 Å². The minimum Gasteiger partial charge on any atom is -0.370 e. The van der Waals surface area contributed by atoms with E-state index in [1.165, 1.54) is 36.6 Å². The van der Waals surface area contributed by atoms with E-state index >= 15 is 0 Å². The maximum absolute atomic E-state index is 12.9. The maximum Gasteiger partial charge on any atom is 0.264 e. The quantitative estimate of drug-likeness (QED) is 0.113. The van der Waals surface area contributed by atoms with Gasteiger partial charge < -0.3 is 16.8 Å². The minimum atomic E-state index is -4.12. The van der Waals surface area contributed by atoms with Gasteiger partial charge in [0, 0.05) is 42.0 Å². The van der Waals surface area contributed by atoms with E-state index in [0.717, 1.165) is 11.8 Å². The number of hydrogen-bond donors (Lipinski definition) is 5. The molecular formula is C22H27ClN8O4S4. The second-order valence-corrected chi connectivity index (χ2v) is 13.6. The summed E-state index contributed by atoms with van der Waals surface area (Å²) in [4.78, 5) is 11.7. The largest absolute Gasteiger partial charge is 0.370 e. The van der Waals surface area contributed by atoms with Crippen molar-refractivity contribution in [1.82, 2.24) is 19.7 Å². The summed E-state index contributed by atoms with van der Waals surface area (Å²) in [6, 6.07) is 11.7. The molecule has 0 spiro atoms. The molecule has 0 saturated carbocycles. The Kier molecular flexibility index (Phi) is 11.0. The van der Waals surface area contributed by atoms with Crippen molar-refractivity contribution in [2.75, 3.05) is 19.3 Å². The molecule has 2 aromatic carbocycles. The summed E-state index contributed by atoms with van der Waals surface area (Å²) in [7, 11) is -6.67. The second kappa shape index (κ2) is 14.0. The van der Waals surface area contributed by atoms with Gasteiger partial charge in [-0.15, -0.1) is 11.3 Å². The lowest BCUT2D eigenvalue weighted by Gasteiger charge is -2.13. The first-order chi connectivity index (χ1) is 18.5. The first kappa shape index (κ1) is 30.6. The Morgan fingerprint density at radius 1 is 1.08 bits per heavy atom. The highest BCUT2D eigenvalue weighted by Crippen LogP contribution is 2.21. The third-order valence-electron chi connectivity index (χ3n) is 4.81. The topological polar surface area (TPSA) is 194 Å². The number of nitrogens with one attached hydrogen (secondary N) is 3. The molecule has 210 valence electrons. The smallest absolute Gasteiger partial charge is 0.264 e. The zero-order valence-corrected chi connectivity index (χ0v) is 24.7. The van der Waals surface area contributed by atoms with E-state index in [1.54, 1.807) is 36.0 Å². The molecule has 0 atom stereocenters. The number of nitrogens with two attached hydrogens (primary N) is 2. The van der Waals surface area contributed by atoms with E-state index in [0.29, 0.717) is 33.8 Å². The van der Waals surface area contributed by atoms with Crippen LogP contribution < -0.4 is 26.2 Å². The van der Waals surface area contributed by atoms with Crippen LogP contribution >= 0.6 is 34.7 Å². The lowest BCUT2D eigenvalue weighted by molar-refractivity contribution is 0.581. The van der Waals surface area contributed by atoms with E-state index in [2.05, 4.69) is 29.7 Å². The SMILES string of the molecule is CN=C(NCCSCc1csc(N=C(N)N)n1)NS(=O)(=O)c1cccc(S(=O)(=O)NCc2ccc(Cl)cc2)c1. The molecule has 0 aliphatic carbocycles. The Morgan fingerprint density at radius 2 is 1.77 bits per heavy atom. The van der Waals surface area contributed by atoms with Gasteiger partial charge in [-0.05, 0) is 35.9 Å². The number of guanidine groups is 2. The summed E-state index contributed by atoms with van der Waals surface area (Å²) in [5.41, 5.74) is 12.2. The summed E-state index contributed by atoms with van der Waals surface area (Å²) in [5, 5.41) is 5.80. The molecule has 0 unspecified atom stereocenters. The maximum atomic E-state index is 12.9. The predicted molar refractivity (Wildman–Crippen MR) is 157 cm³/mol. The molecule has 12 nitrogen and oxygen atoms in total. The van der Waals surface area contributed by atoms with E-state index in [9.17, 15) is 16.8 Å². The van der Waals surface area contributed by atoms with Gasteiger partial charge in [0.15, 0.2) is 5.96 Å². The Balaban J connectivity index is 1.54. The van der Waals surface area contributed by atoms with Crippen LogP contribution in [0.3, 0.4) is 0 Å². The van der Waals surface area contributed by atoms with E-state index in [4.69, 9.17) is 23.1 Å². The van der Waals surface area contributed by atoms with Crippen LogP contribution in [0.4, 0.5) is 5.13 Å². The molecule has 3 rings (SSSR count). The highest BCUT2D eigenvalue weighted by Gasteiger charge is 2.21. The fraction of sp³-hybridized carbons (Fsp3) is 0.227. The molecule has 0 aliphatic heterocycles. The summed E-state index contributed by atoms with van der Waals surface area (Å²) in [5.74, 6) is 1.22. The van der Waals surface area contributed by atoms with Crippen molar-refractivity contribution in [3.05, 3.63) is 70.2 Å². The summed E-state index contributed by atoms with van der Waals surface area (Å²) >= 11 is 8.76. The number of halogens is 1. The molecule has 0 saturated heterocycles. The van der Waals surface area contributed by atoms with Crippen LogP contribution in [0, 0.1) is 0 Å². The molecule has 1 heterocycles. The molecule has 39 heavy (non-hydrogen) atoms. The number of aromatic nitrogens is 1. The third kappa shape index (κ3) is 9.66. The van der Waals surface area contributed by atoms with E-state index in [-0.39, 0.29) is 28.3 Å². The van der Waals surface area contributed by atoms with Crippen molar-refractivity contribution in [3.8, 4) is 0 Å².